The lowest BCUT2D eigenvalue weighted by Crippen LogP contribution is -1.94. The molecule has 0 aliphatic heterocycles. The number of rotatable bonds is 2. The molecule has 17 heavy (non-hydrogen) atoms. The predicted octanol–water partition coefficient (Wildman–Crippen LogP) is 4.31. The molecule has 2 rings (SSSR count). The zero-order valence-corrected chi connectivity index (χ0v) is 11.1. The summed E-state index contributed by atoms with van der Waals surface area (Å²) in [6.07, 6.45) is 1.98. The Hall–Kier alpha value is -0.840. The van der Waals surface area contributed by atoms with Crippen molar-refractivity contribution in [2.75, 3.05) is 6.26 Å². The van der Waals surface area contributed by atoms with Crippen molar-refractivity contribution in [1.82, 2.24) is 9.97 Å². The van der Waals surface area contributed by atoms with Gasteiger partial charge in [0.2, 0.25) is 0 Å². The zero-order chi connectivity index (χ0) is 12.4. The molecule has 0 saturated carbocycles. The first-order chi connectivity index (χ1) is 8.11. The molecule has 0 unspecified atom stereocenters. The molecule has 0 spiro atoms. The highest BCUT2D eigenvalue weighted by molar-refractivity contribution is 7.98. The summed E-state index contributed by atoms with van der Waals surface area (Å²) in [6.45, 7) is 0. The average molecular weight is 289 g/mol. The molecule has 88 valence electrons. The van der Waals surface area contributed by atoms with Crippen LogP contribution in [-0.2, 0) is 0 Å². The van der Waals surface area contributed by atoms with Crippen LogP contribution in [0.25, 0.3) is 11.4 Å². The molecule has 1 heterocycles. The molecule has 0 aliphatic carbocycles. The minimum atomic E-state index is -0.794. The van der Waals surface area contributed by atoms with Crippen molar-refractivity contribution in [3.8, 4) is 11.4 Å². The molecule has 2 nitrogen and oxygen atoms in total. The fourth-order valence-electron chi connectivity index (χ4n) is 1.26. The van der Waals surface area contributed by atoms with Crippen LogP contribution in [0.15, 0.2) is 29.2 Å². The molecule has 6 heteroatoms. The molecule has 0 fully saturated rings. The van der Waals surface area contributed by atoms with Gasteiger partial charge in [-0.05, 0) is 18.4 Å². The third-order valence-electron chi connectivity index (χ3n) is 2.12. The molecule has 0 atom stereocenters. The van der Waals surface area contributed by atoms with Crippen LogP contribution < -0.4 is 0 Å². The number of thioether (sulfide) groups is 1. The molecule has 0 bridgehead atoms. The predicted molar refractivity (Wildman–Crippen MR) is 69.2 cm³/mol. The van der Waals surface area contributed by atoms with E-state index in [1.165, 1.54) is 0 Å². The molecule has 0 saturated heterocycles. The quantitative estimate of drug-likeness (QED) is 0.608. The van der Waals surface area contributed by atoms with Crippen LogP contribution in [0.4, 0.5) is 4.39 Å². The fourth-order valence-corrected chi connectivity index (χ4v) is 2.06. The van der Waals surface area contributed by atoms with E-state index in [1.54, 1.807) is 11.8 Å². The average Bonchev–Trinajstić information content (AvgIpc) is 2.35. The highest BCUT2D eigenvalue weighted by Crippen LogP contribution is 2.25. The van der Waals surface area contributed by atoms with Gasteiger partial charge in [-0.3, -0.25) is 0 Å². The Morgan fingerprint density at radius 2 is 1.59 bits per heavy atom. The fraction of sp³-hybridized carbons (Fsp3) is 0.0909. The van der Waals surface area contributed by atoms with Crippen molar-refractivity contribution in [1.29, 1.82) is 0 Å². The van der Waals surface area contributed by atoms with E-state index in [0.717, 1.165) is 10.5 Å². The largest absolute Gasteiger partial charge is 0.213 e. The van der Waals surface area contributed by atoms with Crippen molar-refractivity contribution in [3.05, 3.63) is 40.4 Å². The van der Waals surface area contributed by atoms with Crippen LogP contribution in [0.5, 0.6) is 0 Å². The maximum absolute atomic E-state index is 13.2. The second kappa shape index (κ2) is 5.21. The van der Waals surface area contributed by atoms with E-state index in [4.69, 9.17) is 23.2 Å². The molecule has 0 aliphatic rings. The Balaban J connectivity index is 2.45. The number of hydrogen-bond acceptors (Lipinski definition) is 3. The van der Waals surface area contributed by atoms with Gasteiger partial charge in [0.15, 0.2) is 21.9 Å². The Morgan fingerprint density at radius 1 is 1.06 bits per heavy atom. The van der Waals surface area contributed by atoms with Crippen molar-refractivity contribution in [3.63, 3.8) is 0 Å². The van der Waals surface area contributed by atoms with Gasteiger partial charge in [-0.1, -0.05) is 35.3 Å². The van der Waals surface area contributed by atoms with Gasteiger partial charge in [0.25, 0.3) is 0 Å². The molecule has 1 aromatic heterocycles. The molecule has 1 aromatic carbocycles. The lowest BCUT2D eigenvalue weighted by Gasteiger charge is -2.03. The highest BCUT2D eigenvalue weighted by atomic mass is 35.5. The molecule has 0 N–H and O–H groups in total. The normalized spacial score (nSPS) is 10.6. The number of nitrogens with zero attached hydrogens (tertiary/aromatic N) is 2. The molecular formula is C11H7Cl2FN2S. The first-order valence-corrected chi connectivity index (χ1v) is 6.63. The van der Waals surface area contributed by atoms with Gasteiger partial charge in [-0.2, -0.15) is 0 Å². The van der Waals surface area contributed by atoms with Crippen LogP contribution in [0.3, 0.4) is 0 Å². The minimum Gasteiger partial charge on any atom is -0.213 e. The first kappa shape index (κ1) is 12.6. The third-order valence-corrected chi connectivity index (χ3v) is 3.36. The van der Waals surface area contributed by atoms with Gasteiger partial charge in [-0.15, -0.1) is 11.8 Å². The maximum Gasteiger partial charge on any atom is 0.197 e. The molecular weight excluding hydrogens is 282 g/mol. The van der Waals surface area contributed by atoms with Gasteiger partial charge in [-0.25, -0.2) is 14.4 Å². The summed E-state index contributed by atoms with van der Waals surface area (Å²) >= 11 is 12.9. The second-order valence-electron chi connectivity index (χ2n) is 3.17. The SMILES string of the molecule is CSc1ccc(-c2nc(Cl)c(F)c(Cl)n2)cc1. The van der Waals surface area contributed by atoms with E-state index in [9.17, 15) is 4.39 Å². The van der Waals surface area contributed by atoms with Crippen molar-refractivity contribution >= 4 is 35.0 Å². The smallest absolute Gasteiger partial charge is 0.197 e. The summed E-state index contributed by atoms with van der Waals surface area (Å²) in [5.74, 6) is -0.480. The van der Waals surface area contributed by atoms with Crippen LogP contribution in [0, 0.1) is 5.82 Å². The Morgan fingerprint density at radius 3 is 2.06 bits per heavy atom. The van der Waals surface area contributed by atoms with Crippen LogP contribution >= 0.6 is 35.0 Å². The zero-order valence-electron chi connectivity index (χ0n) is 8.75. The molecule has 0 radical (unpaired) electrons. The second-order valence-corrected chi connectivity index (χ2v) is 4.77. The summed E-state index contributed by atoms with van der Waals surface area (Å²) in [4.78, 5) is 8.81. The number of hydrogen-bond donors (Lipinski definition) is 0. The summed E-state index contributed by atoms with van der Waals surface area (Å²) in [5, 5.41) is -0.539. The minimum absolute atomic E-state index is 0.269. The topological polar surface area (TPSA) is 25.8 Å². The lowest BCUT2D eigenvalue weighted by molar-refractivity contribution is 0.615. The molecule has 0 amide bonds. The lowest BCUT2D eigenvalue weighted by atomic mass is 10.2. The molecule has 2 aromatic rings. The van der Waals surface area contributed by atoms with Gasteiger partial charge in [0.05, 0.1) is 0 Å². The van der Waals surface area contributed by atoms with Crippen molar-refractivity contribution in [2.45, 2.75) is 4.90 Å². The summed E-state index contributed by atoms with van der Waals surface area (Å²) in [5.41, 5.74) is 0.742. The standard InChI is InChI=1S/C11H7Cl2FN2S/c1-17-7-4-2-6(3-5-7)11-15-9(12)8(14)10(13)16-11/h2-5H,1H3. The summed E-state index contributed by atoms with van der Waals surface area (Å²) in [7, 11) is 0. The number of benzene rings is 1. The van der Waals surface area contributed by atoms with E-state index in [0.29, 0.717) is 5.82 Å². The summed E-state index contributed by atoms with van der Waals surface area (Å²) in [6, 6.07) is 7.53. The van der Waals surface area contributed by atoms with E-state index < -0.39 is 5.82 Å². The van der Waals surface area contributed by atoms with Crippen LogP contribution in [0.1, 0.15) is 0 Å². The van der Waals surface area contributed by atoms with E-state index in [-0.39, 0.29) is 10.3 Å². The van der Waals surface area contributed by atoms with E-state index >= 15 is 0 Å². The van der Waals surface area contributed by atoms with Gasteiger partial charge >= 0.3 is 0 Å². The number of halogens is 3. The Kier molecular flexibility index (Phi) is 3.86. The van der Waals surface area contributed by atoms with Crippen molar-refractivity contribution < 1.29 is 4.39 Å². The Labute approximate surface area is 112 Å². The van der Waals surface area contributed by atoms with Gasteiger partial charge in [0, 0.05) is 10.5 Å². The highest BCUT2D eigenvalue weighted by Gasteiger charge is 2.12. The van der Waals surface area contributed by atoms with Crippen molar-refractivity contribution in [2.24, 2.45) is 0 Å². The first-order valence-electron chi connectivity index (χ1n) is 4.65. The number of aromatic nitrogens is 2. The van der Waals surface area contributed by atoms with Gasteiger partial charge in [0.1, 0.15) is 0 Å². The van der Waals surface area contributed by atoms with Gasteiger partial charge < -0.3 is 0 Å². The maximum atomic E-state index is 13.2. The summed E-state index contributed by atoms with van der Waals surface area (Å²) < 4.78 is 13.2. The van der Waals surface area contributed by atoms with E-state index in [1.807, 2.05) is 30.5 Å². The van der Waals surface area contributed by atoms with Crippen LogP contribution in [-0.4, -0.2) is 16.2 Å². The monoisotopic (exact) mass is 288 g/mol. The Bertz CT molecular complexity index is 523. The van der Waals surface area contributed by atoms with E-state index in [2.05, 4.69) is 9.97 Å². The van der Waals surface area contributed by atoms with Crippen LogP contribution in [0.2, 0.25) is 10.3 Å². The third kappa shape index (κ3) is 2.70.